The molecule has 0 aromatic carbocycles. The van der Waals surface area contributed by atoms with Gasteiger partial charge in [0, 0.05) is 0 Å². The minimum absolute atomic E-state index is 4.14. The molecular weight excluding hydrogens is 211 g/mol. The van der Waals surface area contributed by atoms with Gasteiger partial charge >= 0.3 is 57.3 Å². The van der Waals surface area contributed by atoms with Gasteiger partial charge in [-0.05, 0) is 0 Å². The molecule has 0 amide bonds. The second-order valence-corrected chi connectivity index (χ2v) is 15.1. The maximum absolute atomic E-state index is 11.6. The number of hydrogen-bond acceptors (Lipinski definition) is 0. The van der Waals surface area contributed by atoms with E-state index in [4.69, 9.17) is 0 Å². The fraction of sp³-hybridized carbons (Fsp3) is 0. The van der Waals surface area contributed by atoms with Crippen LogP contribution in [0.3, 0.4) is 0 Å². The molecule has 0 nitrogen and oxygen atoms in total. The first-order chi connectivity index (χ1) is 2.45. The first-order valence-electron chi connectivity index (χ1n) is 1.01. The van der Waals surface area contributed by atoms with Crippen molar-refractivity contribution in [1.82, 2.24) is 0 Å². The van der Waals surface area contributed by atoms with Crippen LogP contribution in [0, 0.1) is 0 Å². The van der Waals surface area contributed by atoms with Gasteiger partial charge in [-0.15, -0.1) is 0 Å². The number of hydrogen-bond donors (Lipinski definition) is 0. The summed E-state index contributed by atoms with van der Waals surface area (Å²) in [6.45, 7) is 0. The number of rotatable bonds is 0. The average Bonchev–Trinajstić information content (AvgIpc) is 0.592. The molecule has 0 unspecified atom stereocenters. The van der Waals surface area contributed by atoms with E-state index < -0.39 is 3.98 Å². The molecule has 0 aromatic rings. The molecule has 0 aliphatic carbocycles. The summed E-state index contributed by atoms with van der Waals surface area (Å²) in [5, 5.41) is 0. The van der Waals surface area contributed by atoms with Crippen LogP contribution < -0.4 is 0 Å². The van der Waals surface area contributed by atoms with E-state index in [9.17, 15) is 8.39 Å². The Morgan fingerprint density at radius 2 is 0.857 bits per heavy atom. The number of halogens is 6. The topological polar surface area (TPSA) is 0 Å². The van der Waals surface area contributed by atoms with Crippen LogP contribution in [0.15, 0.2) is 0 Å². The van der Waals surface area contributed by atoms with Gasteiger partial charge in [0.25, 0.3) is 0 Å². The van der Waals surface area contributed by atoms with Crippen molar-refractivity contribution in [3.8, 4) is 0 Å². The summed E-state index contributed by atoms with van der Waals surface area (Å²) >= 11 is 16.6. The Morgan fingerprint density at radius 1 is 0.857 bits per heavy atom. The standard InChI is InChI=1S/Cl4F2P/c1-7(2,3,4,5)6/q-1. The first-order valence-corrected chi connectivity index (χ1v) is 7.10. The van der Waals surface area contributed by atoms with E-state index in [0.717, 1.165) is 0 Å². The third kappa shape index (κ3) is 105. The van der Waals surface area contributed by atoms with Gasteiger partial charge in [-0.25, -0.2) is 0 Å². The van der Waals surface area contributed by atoms with Crippen LogP contribution in [-0.2, 0) is 0 Å². The molecule has 0 atom stereocenters. The zero-order valence-electron chi connectivity index (χ0n) is 2.72. The van der Waals surface area contributed by atoms with Crippen molar-refractivity contribution in [2.24, 2.45) is 0 Å². The minimum atomic E-state index is -6.77. The average molecular weight is 211 g/mol. The van der Waals surface area contributed by atoms with Crippen molar-refractivity contribution in [1.29, 1.82) is 0 Å². The monoisotopic (exact) mass is 209 g/mol. The molecule has 7 heteroatoms. The Labute approximate surface area is 57.6 Å². The van der Waals surface area contributed by atoms with Gasteiger partial charge in [-0.3, -0.25) is 0 Å². The van der Waals surface area contributed by atoms with Crippen LogP contribution in [-0.4, -0.2) is 0 Å². The van der Waals surface area contributed by atoms with Gasteiger partial charge in [-0.1, -0.05) is 0 Å². The SMILES string of the molecule is F[P-](F)(Cl)(Cl)(Cl)Cl. The van der Waals surface area contributed by atoms with Crippen molar-refractivity contribution in [3.63, 3.8) is 0 Å². The van der Waals surface area contributed by atoms with Crippen LogP contribution in [0.1, 0.15) is 0 Å². The normalized spacial score (nSPS) is 23.1. The Bertz CT molecular complexity index is 68.3. The van der Waals surface area contributed by atoms with Gasteiger partial charge in [0.2, 0.25) is 0 Å². The van der Waals surface area contributed by atoms with E-state index in [2.05, 4.69) is 45.0 Å². The second-order valence-electron chi connectivity index (χ2n) is 0.958. The first kappa shape index (κ1) is 8.45. The molecule has 0 N–H and O–H groups in total. The Hall–Kier alpha value is 1.45. The molecule has 0 saturated heterocycles. The molecule has 0 spiro atoms. The van der Waals surface area contributed by atoms with Crippen molar-refractivity contribution in [3.05, 3.63) is 0 Å². The molecule has 0 aliphatic heterocycles. The van der Waals surface area contributed by atoms with E-state index in [-0.39, 0.29) is 0 Å². The summed E-state index contributed by atoms with van der Waals surface area (Å²) in [6, 6.07) is 0. The third-order valence-corrected chi connectivity index (χ3v) is 0. The van der Waals surface area contributed by atoms with Crippen LogP contribution >= 0.6 is 48.9 Å². The molecule has 0 bridgehead atoms. The third-order valence-electron chi connectivity index (χ3n) is 0. The zero-order valence-corrected chi connectivity index (χ0v) is 6.63. The Kier molecular flexibility index (Phi) is 1.38. The van der Waals surface area contributed by atoms with Crippen LogP contribution in [0.5, 0.6) is 0 Å². The van der Waals surface area contributed by atoms with Crippen LogP contribution in [0.25, 0.3) is 0 Å². The second kappa shape index (κ2) is 1.15. The molecule has 0 heterocycles. The van der Waals surface area contributed by atoms with Gasteiger partial charge < -0.3 is 0 Å². The summed E-state index contributed by atoms with van der Waals surface area (Å²) in [4.78, 5) is 0. The predicted molar refractivity (Wildman–Crippen MR) is 32.5 cm³/mol. The van der Waals surface area contributed by atoms with Crippen molar-refractivity contribution in [2.45, 2.75) is 0 Å². The summed E-state index contributed by atoms with van der Waals surface area (Å²) in [6.07, 6.45) is 0. The van der Waals surface area contributed by atoms with Crippen molar-refractivity contribution >= 4 is 48.9 Å². The van der Waals surface area contributed by atoms with E-state index in [1.165, 1.54) is 0 Å². The van der Waals surface area contributed by atoms with E-state index in [1.807, 2.05) is 0 Å². The summed E-state index contributed by atoms with van der Waals surface area (Å²) in [7, 11) is 0. The summed E-state index contributed by atoms with van der Waals surface area (Å²) in [5.74, 6) is 0. The van der Waals surface area contributed by atoms with E-state index >= 15 is 0 Å². The van der Waals surface area contributed by atoms with Crippen molar-refractivity contribution < 1.29 is 8.39 Å². The van der Waals surface area contributed by atoms with Gasteiger partial charge in [0.1, 0.15) is 0 Å². The zero-order chi connectivity index (χ0) is 6.41. The molecule has 48 valence electrons. The van der Waals surface area contributed by atoms with Gasteiger partial charge in [0.05, 0.1) is 0 Å². The van der Waals surface area contributed by atoms with E-state index in [1.54, 1.807) is 0 Å². The quantitative estimate of drug-likeness (QED) is 0.518. The van der Waals surface area contributed by atoms with Gasteiger partial charge in [0.15, 0.2) is 0 Å². The molecule has 0 aromatic heterocycles. The Morgan fingerprint density at radius 3 is 0.857 bits per heavy atom. The molecule has 7 heavy (non-hydrogen) atoms. The van der Waals surface area contributed by atoms with E-state index in [0.29, 0.717) is 0 Å². The maximum atomic E-state index is 11.6. The Balaban J connectivity index is 4.43. The predicted octanol–water partition coefficient (Wildman–Crippen LogP) is 4.46. The fourth-order valence-electron chi connectivity index (χ4n) is 0. The fourth-order valence-corrected chi connectivity index (χ4v) is 0. The molecule has 0 rings (SSSR count). The molecule has 0 saturated carbocycles. The molecular formula is Cl4F2P-. The summed E-state index contributed by atoms with van der Waals surface area (Å²) < 4.78 is 16.4. The molecule has 0 aliphatic rings. The molecule has 0 radical (unpaired) electrons. The van der Waals surface area contributed by atoms with Crippen molar-refractivity contribution in [2.75, 3.05) is 0 Å². The van der Waals surface area contributed by atoms with Crippen LogP contribution in [0.4, 0.5) is 8.39 Å². The molecule has 0 fully saturated rings. The summed E-state index contributed by atoms with van der Waals surface area (Å²) in [5.41, 5.74) is 0. The van der Waals surface area contributed by atoms with Gasteiger partial charge in [-0.2, -0.15) is 0 Å². The van der Waals surface area contributed by atoms with Crippen LogP contribution in [0.2, 0.25) is 0 Å².